The topological polar surface area (TPSA) is 82.1 Å². The number of aliphatic hydroxyl groups excluding tert-OH is 1. The van der Waals surface area contributed by atoms with Gasteiger partial charge in [-0.25, -0.2) is 0 Å². The molecule has 1 fully saturated rings. The van der Waals surface area contributed by atoms with E-state index in [1.165, 1.54) is 0 Å². The van der Waals surface area contributed by atoms with Crippen molar-refractivity contribution in [2.75, 3.05) is 6.61 Å². The minimum absolute atomic E-state index is 0.0177. The van der Waals surface area contributed by atoms with Gasteiger partial charge in [-0.1, -0.05) is 40.9 Å². The van der Waals surface area contributed by atoms with Crippen LogP contribution < -0.4 is 0 Å². The van der Waals surface area contributed by atoms with Crippen molar-refractivity contribution in [3.8, 4) is 0 Å². The Bertz CT molecular complexity index is 805. The van der Waals surface area contributed by atoms with E-state index in [0.717, 1.165) is 18.4 Å². The van der Waals surface area contributed by atoms with Gasteiger partial charge < -0.3 is 18.5 Å². The van der Waals surface area contributed by atoms with E-state index in [-0.39, 0.29) is 36.4 Å². The highest BCUT2D eigenvalue weighted by molar-refractivity contribution is 7.87. The van der Waals surface area contributed by atoms with Crippen LogP contribution in [0.15, 0.2) is 24.5 Å². The highest BCUT2D eigenvalue weighted by Crippen LogP contribution is 2.40. The number of alkyl halides is 3. The Hall–Kier alpha value is -0.883. The Morgan fingerprint density at radius 3 is 2.35 bits per heavy atom. The monoisotopic (exact) mass is 530 g/mol. The molecule has 0 aromatic carbocycles. The van der Waals surface area contributed by atoms with Crippen molar-refractivity contribution >= 4 is 18.4 Å². The fourth-order valence-electron chi connectivity index (χ4n) is 3.51. The summed E-state index contributed by atoms with van der Waals surface area (Å²) in [4.78, 5) is 0. The van der Waals surface area contributed by atoms with Crippen LogP contribution in [0.1, 0.15) is 66.2 Å². The number of hydrogen-bond donors (Lipinski definition) is 1. The van der Waals surface area contributed by atoms with E-state index in [2.05, 4.69) is 51.2 Å². The molecular formula is C23H41F3O6SSi. The average molecular weight is 531 g/mol. The van der Waals surface area contributed by atoms with E-state index >= 15 is 0 Å². The Balaban J connectivity index is 2.91. The third kappa shape index (κ3) is 8.96. The van der Waals surface area contributed by atoms with E-state index in [9.17, 15) is 21.6 Å². The molecule has 0 aromatic rings. The van der Waals surface area contributed by atoms with E-state index in [1.54, 1.807) is 6.92 Å². The zero-order valence-electron chi connectivity index (χ0n) is 21.2. The minimum atomic E-state index is -5.76. The summed E-state index contributed by atoms with van der Waals surface area (Å²) in [6.45, 7) is 19.7. The van der Waals surface area contributed by atoms with Gasteiger partial charge in [0, 0.05) is 18.6 Å². The smallest absolute Gasteiger partial charge is 0.414 e. The summed E-state index contributed by atoms with van der Waals surface area (Å²) in [5.41, 5.74) is -4.54. The Morgan fingerprint density at radius 2 is 1.85 bits per heavy atom. The molecule has 1 heterocycles. The molecule has 0 aliphatic carbocycles. The van der Waals surface area contributed by atoms with Crippen LogP contribution >= 0.6 is 0 Å². The molecule has 200 valence electrons. The molecule has 4 atom stereocenters. The summed E-state index contributed by atoms with van der Waals surface area (Å²) in [6, 6.07) is 0. The minimum Gasteiger partial charge on any atom is -0.414 e. The van der Waals surface area contributed by atoms with E-state index in [0.29, 0.717) is 19.3 Å². The molecule has 0 spiro atoms. The Morgan fingerprint density at radius 1 is 1.26 bits per heavy atom. The van der Waals surface area contributed by atoms with Crippen molar-refractivity contribution in [2.24, 2.45) is 5.92 Å². The van der Waals surface area contributed by atoms with Crippen molar-refractivity contribution in [1.82, 2.24) is 0 Å². The molecule has 0 saturated carbocycles. The van der Waals surface area contributed by atoms with Crippen LogP contribution in [0.5, 0.6) is 0 Å². The van der Waals surface area contributed by atoms with Crippen molar-refractivity contribution < 1.29 is 40.0 Å². The Labute approximate surface area is 203 Å². The molecule has 0 bridgehead atoms. The highest BCUT2D eigenvalue weighted by Gasteiger charge is 2.49. The summed E-state index contributed by atoms with van der Waals surface area (Å²) >= 11 is 0. The second kappa shape index (κ2) is 11.9. The van der Waals surface area contributed by atoms with E-state index in [4.69, 9.17) is 14.3 Å². The summed E-state index contributed by atoms with van der Waals surface area (Å²) in [6.07, 6.45) is 3.08. The molecule has 1 saturated heterocycles. The van der Waals surface area contributed by atoms with Gasteiger partial charge in [0.15, 0.2) is 8.32 Å². The summed E-state index contributed by atoms with van der Waals surface area (Å²) in [5, 5.41) is 8.95. The number of halogens is 3. The fraction of sp³-hybridized carbons (Fsp3) is 0.826. The van der Waals surface area contributed by atoms with E-state index < -0.39 is 35.6 Å². The van der Waals surface area contributed by atoms with Crippen LogP contribution in [0.4, 0.5) is 13.2 Å². The lowest BCUT2D eigenvalue weighted by atomic mass is 9.96. The number of ether oxygens (including phenoxy) is 1. The maximum Gasteiger partial charge on any atom is 0.534 e. The van der Waals surface area contributed by atoms with Gasteiger partial charge in [0.2, 0.25) is 0 Å². The predicted octanol–water partition coefficient (Wildman–Crippen LogP) is 6.05. The quantitative estimate of drug-likeness (QED) is 0.103. The first-order valence-electron chi connectivity index (χ1n) is 11.6. The zero-order valence-corrected chi connectivity index (χ0v) is 23.0. The van der Waals surface area contributed by atoms with Crippen LogP contribution in [0.2, 0.25) is 18.1 Å². The summed E-state index contributed by atoms with van der Waals surface area (Å²) < 4.78 is 77.8. The van der Waals surface area contributed by atoms with Crippen molar-refractivity contribution in [1.29, 1.82) is 0 Å². The third-order valence-corrected chi connectivity index (χ3v) is 12.2. The van der Waals surface area contributed by atoms with Gasteiger partial charge in [-0.2, -0.15) is 21.6 Å². The lowest BCUT2D eigenvalue weighted by Crippen LogP contribution is -2.44. The van der Waals surface area contributed by atoms with Crippen LogP contribution in [-0.2, 0) is 23.5 Å². The lowest BCUT2D eigenvalue weighted by molar-refractivity contribution is -0.0527. The molecule has 0 radical (unpaired) electrons. The molecule has 1 aliphatic rings. The molecule has 1 aliphatic heterocycles. The Kier molecular flexibility index (Phi) is 10.9. The standard InChI is InChI=1S/C23H41F3O6SSi/c1-16(18(3)31-33(28,29)23(24,25)26)14-20(32-34(7,8)22(4,5)6)11-12-21-17(2)15-19(30-21)10-9-13-27/h16,19-21,27H,2-3,9-15H2,1,4-8H3/t16-,19+,20-,21+/m1/s1. The predicted molar refractivity (Wildman–Crippen MR) is 129 cm³/mol. The van der Waals surface area contributed by atoms with Crippen molar-refractivity contribution in [2.45, 2.75) is 108 Å². The summed E-state index contributed by atoms with van der Waals surface area (Å²) in [5.74, 6) is -1.15. The van der Waals surface area contributed by atoms with Gasteiger partial charge in [0.1, 0.15) is 5.76 Å². The first-order chi connectivity index (χ1) is 15.3. The highest BCUT2D eigenvalue weighted by atomic mass is 32.2. The van der Waals surface area contributed by atoms with Gasteiger partial charge in [0.05, 0.1) is 12.2 Å². The number of hydrogen-bond acceptors (Lipinski definition) is 6. The van der Waals surface area contributed by atoms with Crippen molar-refractivity contribution in [3.05, 3.63) is 24.5 Å². The van der Waals surface area contributed by atoms with E-state index in [1.807, 2.05) is 0 Å². The largest absolute Gasteiger partial charge is 0.534 e. The second-order valence-electron chi connectivity index (χ2n) is 10.6. The van der Waals surface area contributed by atoms with Crippen LogP contribution in [0.3, 0.4) is 0 Å². The second-order valence-corrected chi connectivity index (χ2v) is 16.9. The zero-order chi connectivity index (χ0) is 26.5. The maximum atomic E-state index is 12.7. The molecule has 1 N–H and O–H groups in total. The molecule has 11 heteroatoms. The first-order valence-corrected chi connectivity index (χ1v) is 15.9. The first kappa shape index (κ1) is 31.1. The molecule has 0 amide bonds. The number of allylic oxidation sites excluding steroid dienone is 1. The van der Waals surface area contributed by atoms with Crippen LogP contribution in [0, 0.1) is 5.92 Å². The SMILES string of the molecule is C=C(OS(=O)(=O)C(F)(F)F)[C@H](C)C[C@@H](CC[C@@H]1O[C@@H](CCCO)CC1=C)O[Si](C)(C)C(C)(C)C. The molecule has 0 unspecified atom stereocenters. The number of rotatable bonds is 13. The molecular weight excluding hydrogens is 489 g/mol. The average Bonchev–Trinajstić information content (AvgIpc) is 3.01. The van der Waals surface area contributed by atoms with Gasteiger partial charge in [-0.05, 0) is 62.2 Å². The van der Waals surface area contributed by atoms with Crippen molar-refractivity contribution in [3.63, 3.8) is 0 Å². The van der Waals surface area contributed by atoms with Gasteiger partial charge in [0.25, 0.3) is 0 Å². The molecule has 34 heavy (non-hydrogen) atoms. The maximum absolute atomic E-state index is 12.7. The summed E-state index contributed by atoms with van der Waals surface area (Å²) in [7, 11) is -7.99. The van der Waals surface area contributed by atoms with Gasteiger partial charge in [-0.15, -0.1) is 0 Å². The molecule has 6 nitrogen and oxygen atoms in total. The van der Waals surface area contributed by atoms with Crippen LogP contribution in [0.25, 0.3) is 0 Å². The van der Waals surface area contributed by atoms with Gasteiger partial charge in [-0.3, -0.25) is 0 Å². The lowest BCUT2D eigenvalue weighted by Gasteiger charge is -2.40. The fourth-order valence-corrected chi connectivity index (χ4v) is 5.45. The third-order valence-electron chi connectivity index (χ3n) is 6.67. The molecule has 1 rings (SSSR count). The van der Waals surface area contributed by atoms with Crippen LogP contribution in [-0.4, -0.2) is 52.3 Å². The normalized spacial score (nSPS) is 22.0. The van der Waals surface area contributed by atoms with Gasteiger partial charge >= 0.3 is 15.6 Å². The molecule has 0 aromatic heterocycles. The number of aliphatic hydroxyl groups is 1.